The van der Waals surface area contributed by atoms with E-state index in [1.807, 2.05) is 19.1 Å². The summed E-state index contributed by atoms with van der Waals surface area (Å²) < 4.78 is 5.43. The van der Waals surface area contributed by atoms with E-state index in [1.54, 1.807) is 4.90 Å². The number of hydrogen-bond acceptors (Lipinski definition) is 3. The Kier molecular flexibility index (Phi) is 2.54. The highest BCUT2D eigenvalue weighted by atomic mass is 16.4. The van der Waals surface area contributed by atoms with Crippen LogP contribution in [0.15, 0.2) is 16.5 Å². The van der Waals surface area contributed by atoms with E-state index in [1.165, 1.54) is 0 Å². The molecular formula is C10H14N2O2. The number of anilines is 1. The second kappa shape index (κ2) is 3.84. The third-order valence-electron chi connectivity index (χ3n) is 2.30. The monoisotopic (exact) mass is 194 g/mol. The molecule has 0 unspecified atom stereocenters. The summed E-state index contributed by atoms with van der Waals surface area (Å²) >= 11 is 0. The normalized spacial score (nSPS) is 18.4. The molecule has 1 N–H and O–H groups in total. The van der Waals surface area contributed by atoms with Crippen molar-refractivity contribution in [1.82, 2.24) is 5.32 Å². The van der Waals surface area contributed by atoms with Crippen LogP contribution in [0.1, 0.15) is 12.2 Å². The molecular weight excluding hydrogens is 180 g/mol. The SMILES string of the molecule is Cc1ccc(N2CCCNCC2=O)o1. The van der Waals surface area contributed by atoms with Gasteiger partial charge in [0.25, 0.3) is 0 Å². The lowest BCUT2D eigenvalue weighted by atomic mass is 10.4. The van der Waals surface area contributed by atoms with E-state index in [4.69, 9.17) is 4.42 Å². The van der Waals surface area contributed by atoms with Crippen LogP contribution >= 0.6 is 0 Å². The van der Waals surface area contributed by atoms with Gasteiger partial charge in [-0.25, -0.2) is 0 Å². The van der Waals surface area contributed by atoms with Crippen LogP contribution in [0, 0.1) is 6.92 Å². The van der Waals surface area contributed by atoms with Crippen LogP contribution in [0.3, 0.4) is 0 Å². The molecule has 0 aliphatic carbocycles. The van der Waals surface area contributed by atoms with Crippen LogP contribution in [0.4, 0.5) is 5.88 Å². The number of furan rings is 1. The number of carbonyl (C=O) groups is 1. The minimum atomic E-state index is 0.0804. The first kappa shape index (κ1) is 9.27. The summed E-state index contributed by atoms with van der Waals surface area (Å²) in [6.45, 7) is 3.91. The molecule has 1 amide bonds. The fourth-order valence-electron chi connectivity index (χ4n) is 1.58. The third-order valence-corrected chi connectivity index (χ3v) is 2.30. The van der Waals surface area contributed by atoms with Crippen molar-refractivity contribution in [2.45, 2.75) is 13.3 Å². The largest absolute Gasteiger partial charge is 0.445 e. The summed E-state index contributed by atoms with van der Waals surface area (Å²) in [6.07, 6.45) is 0.964. The summed E-state index contributed by atoms with van der Waals surface area (Å²) in [7, 11) is 0. The van der Waals surface area contributed by atoms with Gasteiger partial charge in [0.2, 0.25) is 11.8 Å². The summed E-state index contributed by atoms with van der Waals surface area (Å²) in [6, 6.07) is 3.72. The molecule has 0 saturated carbocycles. The second-order valence-corrected chi connectivity index (χ2v) is 3.46. The van der Waals surface area contributed by atoms with Gasteiger partial charge in [0.05, 0.1) is 6.54 Å². The Bertz CT molecular complexity index is 333. The standard InChI is InChI=1S/C10H14N2O2/c1-8-3-4-10(14-8)12-6-2-5-11-7-9(12)13/h3-4,11H,2,5-7H2,1H3. The van der Waals surface area contributed by atoms with Gasteiger partial charge in [0, 0.05) is 12.6 Å². The Labute approximate surface area is 82.9 Å². The molecule has 2 heterocycles. The van der Waals surface area contributed by atoms with E-state index < -0.39 is 0 Å². The molecule has 0 spiro atoms. The summed E-state index contributed by atoms with van der Waals surface area (Å²) in [5.74, 6) is 1.58. The second-order valence-electron chi connectivity index (χ2n) is 3.46. The van der Waals surface area contributed by atoms with E-state index >= 15 is 0 Å². The predicted molar refractivity (Wildman–Crippen MR) is 53.3 cm³/mol. The Morgan fingerprint density at radius 3 is 3.07 bits per heavy atom. The smallest absolute Gasteiger partial charge is 0.243 e. The summed E-state index contributed by atoms with van der Waals surface area (Å²) in [5.41, 5.74) is 0. The number of rotatable bonds is 1. The zero-order chi connectivity index (χ0) is 9.97. The number of carbonyl (C=O) groups excluding carboxylic acids is 1. The highest BCUT2D eigenvalue weighted by Gasteiger charge is 2.19. The zero-order valence-electron chi connectivity index (χ0n) is 8.25. The molecule has 14 heavy (non-hydrogen) atoms. The molecule has 1 aromatic rings. The number of amides is 1. The van der Waals surface area contributed by atoms with E-state index in [0.29, 0.717) is 12.4 Å². The zero-order valence-corrected chi connectivity index (χ0v) is 8.25. The van der Waals surface area contributed by atoms with Gasteiger partial charge in [0.15, 0.2) is 0 Å². The van der Waals surface area contributed by atoms with Crippen molar-refractivity contribution >= 4 is 11.8 Å². The molecule has 1 aliphatic rings. The maximum absolute atomic E-state index is 11.6. The lowest BCUT2D eigenvalue weighted by molar-refractivity contribution is -0.117. The van der Waals surface area contributed by atoms with Gasteiger partial charge in [-0.15, -0.1) is 0 Å². The average Bonchev–Trinajstić information content (AvgIpc) is 2.46. The molecule has 1 aliphatic heterocycles. The van der Waals surface area contributed by atoms with Crippen LogP contribution < -0.4 is 10.2 Å². The van der Waals surface area contributed by atoms with Crippen molar-refractivity contribution in [3.05, 3.63) is 17.9 Å². The molecule has 1 fully saturated rings. The first-order valence-electron chi connectivity index (χ1n) is 4.85. The van der Waals surface area contributed by atoms with Crippen molar-refractivity contribution < 1.29 is 9.21 Å². The first-order valence-corrected chi connectivity index (χ1v) is 4.85. The van der Waals surface area contributed by atoms with Gasteiger partial charge in [-0.05, 0) is 26.0 Å². The van der Waals surface area contributed by atoms with E-state index in [2.05, 4.69) is 5.32 Å². The molecule has 2 rings (SSSR count). The fraction of sp³-hybridized carbons (Fsp3) is 0.500. The van der Waals surface area contributed by atoms with E-state index in [0.717, 1.165) is 25.3 Å². The maximum atomic E-state index is 11.6. The third kappa shape index (κ3) is 1.80. The highest BCUT2D eigenvalue weighted by Crippen LogP contribution is 2.18. The van der Waals surface area contributed by atoms with Crippen LogP contribution in [-0.4, -0.2) is 25.5 Å². The van der Waals surface area contributed by atoms with Crippen LogP contribution in [0.25, 0.3) is 0 Å². The van der Waals surface area contributed by atoms with Crippen molar-refractivity contribution in [2.24, 2.45) is 0 Å². The molecule has 1 aromatic heterocycles. The summed E-state index contributed by atoms with van der Waals surface area (Å²) in [5, 5.41) is 3.07. The van der Waals surface area contributed by atoms with Gasteiger partial charge >= 0.3 is 0 Å². The van der Waals surface area contributed by atoms with Crippen molar-refractivity contribution in [3.63, 3.8) is 0 Å². The molecule has 76 valence electrons. The summed E-state index contributed by atoms with van der Waals surface area (Å²) in [4.78, 5) is 13.3. The minimum Gasteiger partial charge on any atom is -0.445 e. The molecule has 0 atom stereocenters. The topological polar surface area (TPSA) is 45.5 Å². The maximum Gasteiger partial charge on any atom is 0.243 e. The predicted octanol–water partition coefficient (Wildman–Crippen LogP) is 0.914. The van der Waals surface area contributed by atoms with Crippen molar-refractivity contribution in [2.75, 3.05) is 24.5 Å². The Balaban J connectivity index is 2.18. The van der Waals surface area contributed by atoms with Gasteiger partial charge in [-0.3, -0.25) is 9.69 Å². The van der Waals surface area contributed by atoms with Gasteiger partial charge in [-0.1, -0.05) is 0 Å². The number of hydrogen-bond donors (Lipinski definition) is 1. The lowest BCUT2D eigenvalue weighted by Crippen LogP contribution is -2.34. The Morgan fingerprint density at radius 1 is 1.50 bits per heavy atom. The highest BCUT2D eigenvalue weighted by molar-refractivity contribution is 5.93. The van der Waals surface area contributed by atoms with Gasteiger partial charge < -0.3 is 9.73 Å². The molecule has 4 heteroatoms. The average molecular weight is 194 g/mol. The van der Waals surface area contributed by atoms with Crippen LogP contribution in [-0.2, 0) is 4.79 Å². The quantitative estimate of drug-likeness (QED) is 0.723. The fourth-order valence-corrected chi connectivity index (χ4v) is 1.58. The molecule has 4 nitrogen and oxygen atoms in total. The van der Waals surface area contributed by atoms with E-state index in [-0.39, 0.29) is 5.91 Å². The first-order chi connectivity index (χ1) is 6.77. The van der Waals surface area contributed by atoms with Crippen molar-refractivity contribution in [1.29, 1.82) is 0 Å². The van der Waals surface area contributed by atoms with Gasteiger partial charge in [-0.2, -0.15) is 0 Å². The number of nitrogens with one attached hydrogen (secondary N) is 1. The van der Waals surface area contributed by atoms with Crippen LogP contribution in [0.2, 0.25) is 0 Å². The Morgan fingerprint density at radius 2 is 2.36 bits per heavy atom. The minimum absolute atomic E-state index is 0.0804. The molecule has 0 aromatic carbocycles. The molecule has 0 radical (unpaired) electrons. The molecule has 1 saturated heterocycles. The molecule has 0 bridgehead atoms. The Hall–Kier alpha value is -1.29. The van der Waals surface area contributed by atoms with Gasteiger partial charge in [0.1, 0.15) is 5.76 Å². The van der Waals surface area contributed by atoms with Crippen molar-refractivity contribution in [3.8, 4) is 0 Å². The lowest BCUT2D eigenvalue weighted by Gasteiger charge is -2.16. The van der Waals surface area contributed by atoms with E-state index in [9.17, 15) is 4.79 Å². The number of nitrogens with zero attached hydrogens (tertiary/aromatic N) is 1. The number of aryl methyl sites for hydroxylation is 1. The van der Waals surface area contributed by atoms with Crippen LogP contribution in [0.5, 0.6) is 0 Å².